The zero-order chi connectivity index (χ0) is 22.0. The minimum Gasteiger partial charge on any atom is -0.497 e. The SMILES string of the molecule is COc1ccc(-c2cc(C(=O)Nc3ccccc3S(C)(=O)=O)c3ccccc3n2)cc1. The van der Waals surface area contributed by atoms with E-state index in [1.165, 1.54) is 6.07 Å². The zero-order valence-corrected chi connectivity index (χ0v) is 17.8. The lowest BCUT2D eigenvalue weighted by molar-refractivity contribution is 0.102. The highest BCUT2D eigenvalue weighted by molar-refractivity contribution is 7.90. The van der Waals surface area contributed by atoms with E-state index in [0.717, 1.165) is 17.6 Å². The molecule has 4 aromatic rings. The molecule has 1 amide bonds. The van der Waals surface area contributed by atoms with E-state index < -0.39 is 15.7 Å². The van der Waals surface area contributed by atoms with E-state index in [2.05, 4.69) is 5.32 Å². The highest BCUT2D eigenvalue weighted by atomic mass is 32.2. The third kappa shape index (κ3) is 4.27. The van der Waals surface area contributed by atoms with Gasteiger partial charge in [-0.25, -0.2) is 13.4 Å². The van der Waals surface area contributed by atoms with Crippen LogP contribution in [0.25, 0.3) is 22.2 Å². The predicted molar refractivity (Wildman–Crippen MR) is 121 cm³/mol. The summed E-state index contributed by atoms with van der Waals surface area (Å²) in [6, 6.07) is 22.8. The number of fused-ring (bicyclic) bond motifs is 1. The number of carbonyl (C=O) groups is 1. The zero-order valence-electron chi connectivity index (χ0n) is 17.0. The first kappa shape index (κ1) is 20.6. The number of hydrogen-bond donors (Lipinski definition) is 1. The molecule has 0 fully saturated rings. The van der Waals surface area contributed by atoms with Gasteiger partial charge in [0.15, 0.2) is 9.84 Å². The fourth-order valence-electron chi connectivity index (χ4n) is 3.36. The van der Waals surface area contributed by atoms with Gasteiger partial charge >= 0.3 is 0 Å². The molecule has 156 valence electrons. The van der Waals surface area contributed by atoms with Gasteiger partial charge < -0.3 is 10.1 Å². The molecule has 0 aliphatic heterocycles. The number of ether oxygens (including phenoxy) is 1. The van der Waals surface area contributed by atoms with Gasteiger partial charge in [0.05, 0.1) is 34.5 Å². The molecule has 6 nitrogen and oxygen atoms in total. The lowest BCUT2D eigenvalue weighted by atomic mass is 10.0. The molecule has 0 saturated carbocycles. The molecular formula is C24H20N2O4S. The van der Waals surface area contributed by atoms with Crippen LogP contribution in [0.4, 0.5) is 5.69 Å². The van der Waals surface area contributed by atoms with E-state index in [-0.39, 0.29) is 10.6 Å². The quantitative estimate of drug-likeness (QED) is 0.499. The third-order valence-corrected chi connectivity index (χ3v) is 6.04. The second kappa shape index (κ2) is 8.20. The Balaban J connectivity index is 1.81. The number of benzene rings is 3. The number of carbonyl (C=O) groups excluding carboxylic acids is 1. The van der Waals surface area contributed by atoms with Crippen molar-refractivity contribution in [1.29, 1.82) is 0 Å². The molecular weight excluding hydrogens is 412 g/mol. The minimum atomic E-state index is -3.50. The molecule has 0 bridgehead atoms. The maximum Gasteiger partial charge on any atom is 0.256 e. The van der Waals surface area contributed by atoms with Crippen LogP contribution in [0.1, 0.15) is 10.4 Å². The average molecular weight is 433 g/mol. The molecule has 4 rings (SSSR count). The molecule has 1 aromatic heterocycles. The second-order valence-electron chi connectivity index (χ2n) is 7.02. The van der Waals surface area contributed by atoms with Crippen molar-refractivity contribution in [2.24, 2.45) is 0 Å². The largest absolute Gasteiger partial charge is 0.497 e. The van der Waals surface area contributed by atoms with E-state index in [1.807, 2.05) is 48.5 Å². The fourth-order valence-corrected chi connectivity index (χ4v) is 4.20. The number of aromatic nitrogens is 1. The molecule has 0 aliphatic rings. The van der Waals surface area contributed by atoms with Crippen molar-refractivity contribution in [2.45, 2.75) is 4.90 Å². The van der Waals surface area contributed by atoms with E-state index >= 15 is 0 Å². The van der Waals surface area contributed by atoms with Crippen molar-refractivity contribution >= 4 is 32.3 Å². The van der Waals surface area contributed by atoms with Gasteiger partial charge in [0.1, 0.15) is 5.75 Å². The van der Waals surface area contributed by atoms with Crippen LogP contribution < -0.4 is 10.1 Å². The lowest BCUT2D eigenvalue weighted by Gasteiger charge is -2.13. The molecule has 31 heavy (non-hydrogen) atoms. The van der Waals surface area contributed by atoms with Crippen LogP contribution in [0.2, 0.25) is 0 Å². The Kier molecular flexibility index (Phi) is 5.44. The summed E-state index contributed by atoms with van der Waals surface area (Å²) in [6.07, 6.45) is 1.11. The van der Waals surface area contributed by atoms with Crippen molar-refractivity contribution < 1.29 is 17.9 Å². The fraction of sp³-hybridized carbons (Fsp3) is 0.0833. The first-order valence-corrected chi connectivity index (χ1v) is 11.4. The monoisotopic (exact) mass is 432 g/mol. The van der Waals surface area contributed by atoms with Crippen LogP contribution >= 0.6 is 0 Å². The van der Waals surface area contributed by atoms with Crippen LogP contribution in [0.15, 0.2) is 83.8 Å². The Morgan fingerprint density at radius 1 is 0.935 bits per heavy atom. The van der Waals surface area contributed by atoms with Gasteiger partial charge in [-0.15, -0.1) is 0 Å². The summed E-state index contributed by atoms with van der Waals surface area (Å²) in [5.41, 5.74) is 2.76. The number of nitrogens with one attached hydrogen (secondary N) is 1. The number of hydrogen-bond acceptors (Lipinski definition) is 5. The maximum absolute atomic E-state index is 13.2. The van der Waals surface area contributed by atoms with Gasteiger partial charge in [0, 0.05) is 17.2 Å². The number of pyridine rings is 1. The van der Waals surface area contributed by atoms with Crippen LogP contribution in [-0.4, -0.2) is 32.7 Å². The maximum atomic E-state index is 13.2. The Morgan fingerprint density at radius 2 is 1.61 bits per heavy atom. The van der Waals surface area contributed by atoms with Gasteiger partial charge in [0.2, 0.25) is 0 Å². The summed E-state index contributed by atoms with van der Waals surface area (Å²) in [5, 5.41) is 3.43. The molecule has 0 atom stereocenters. The summed E-state index contributed by atoms with van der Waals surface area (Å²) >= 11 is 0. The third-order valence-electron chi connectivity index (χ3n) is 4.88. The smallest absolute Gasteiger partial charge is 0.256 e. The van der Waals surface area contributed by atoms with Crippen LogP contribution in [0.3, 0.4) is 0 Å². The first-order valence-electron chi connectivity index (χ1n) is 9.51. The number of para-hydroxylation sites is 2. The van der Waals surface area contributed by atoms with E-state index in [1.54, 1.807) is 31.4 Å². The van der Waals surface area contributed by atoms with E-state index in [4.69, 9.17) is 9.72 Å². The molecule has 1 heterocycles. The minimum absolute atomic E-state index is 0.0667. The van der Waals surface area contributed by atoms with Crippen molar-refractivity contribution in [2.75, 3.05) is 18.7 Å². The lowest BCUT2D eigenvalue weighted by Crippen LogP contribution is -2.15. The Morgan fingerprint density at radius 3 is 2.32 bits per heavy atom. The summed E-state index contributed by atoms with van der Waals surface area (Å²) < 4.78 is 29.4. The van der Waals surface area contributed by atoms with Gasteiger partial charge in [-0.3, -0.25) is 4.79 Å². The van der Waals surface area contributed by atoms with Gasteiger partial charge in [-0.2, -0.15) is 0 Å². The number of rotatable bonds is 5. The highest BCUT2D eigenvalue weighted by Crippen LogP contribution is 2.28. The Labute approximate surface area is 180 Å². The predicted octanol–water partition coefficient (Wildman–Crippen LogP) is 4.57. The highest BCUT2D eigenvalue weighted by Gasteiger charge is 2.18. The van der Waals surface area contributed by atoms with Gasteiger partial charge in [0.25, 0.3) is 5.91 Å². The number of amides is 1. The van der Waals surface area contributed by atoms with Crippen molar-refractivity contribution in [3.8, 4) is 17.0 Å². The van der Waals surface area contributed by atoms with Crippen LogP contribution in [-0.2, 0) is 9.84 Å². The molecule has 0 aliphatic carbocycles. The number of methoxy groups -OCH3 is 1. The summed E-state index contributed by atoms with van der Waals surface area (Å²) in [5.74, 6) is 0.310. The van der Waals surface area contributed by atoms with Crippen molar-refractivity contribution in [3.05, 3.63) is 84.4 Å². The van der Waals surface area contributed by atoms with Gasteiger partial charge in [-0.05, 0) is 48.5 Å². The molecule has 0 spiro atoms. The molecule has 0 unspecified atom stereocenters. The van der Waals surface area contributed by atoms with Crippen molar-refractivity contribution in [3.63, 3.8) is 0 Å². The molecule has 0 radical (unpaired) electrons. The van der Waals surface area contributed by atoms with Crippen molar-refractivity contribution in [1.82, 2.24) is 4.98 Å². The standard InChI is InChI=1S/C24H20N2O4S/c1-30-17-13-11-16(12-14-17)22-15-19(18-7-3-4-8-20(18)25-22)24(27)26-21-9-5-6-10-23(21)31(2,28)29/h3-15H,1-2H3,(H,26,27). The number of sulfone groups is 1. The second-order valence-corrected chi connectivity index (χ2v) is 9.01. The first-order chi connectivity index (χ1) is 14.9. The van der Waals surface area contributed by atoms with Gasteiger partial charge in [-0.1, -0.05) is 30.3 Å². The normalized spacial score (nSPS) is 11.3. The Bertz CT molecular complexity index is 1380. The summed E-state index contributed by atoms with van der Waals surface area (Å²) in [6.45, 7) is 0. The molecule has 7 heteroatoms. The number of nitrogens with zero attached hydrogens (tertiary/aromatic N) is 1. The van der Waals surface area contributed by atoms with E-state index in [9.17, 15) is 13.2 Å². The van der Waals surface area contributed by atoms with E-state index in [0.29, 0.717) is 22.2 Å². The number of anilines is 1. The summed E-state index contributed by atoms with van der Waals surface area (Å²) in [7, 11) is -1.90. The van der Waals surface area contributed by atoms with Crippen LogP contribution in [0.5, 0.6) is 5.75 Å². The molecule has 3 aromatic carbocycles. The molecule has 1 N–H and O–H groups in total. The van der Waals surface area contributed by atoms with Crippen LogP contribution in [0, 0.1) is 0 Å². The molecule has 0 saturated heterocycles. The average Bonchev–Trinajstić information content (AvgIpc) is 2.78. The summed E-state index contributed by atoms with van der Waals surface area (Å²) in [4.78, 5) is 18.0. The Hall–Kier alpha value is -3.71. The topological polar surface area (TPSA) is 85.4 Å².